The Hall–Kier alpha value is -0.580. The molecule has 1 N–H and O–H groups in total. The molecule has 3 nitrogen and oxygen atoms in total. The van der Waals surface area contributed by atoms with Crippen LogP contribution in [-0.2, 0) is 0 Å². The monoisotopic (exact) mass is 337 g/mol. The summed E-state index contributed by atoms with van der Waals surface area (Å²) in [5, 5.41) is 3.45. The maximum atomic E-state index is 3.52. The van der Waals surface area contributed by atoms with Crippen LogP contribution in [0.5, 0.6) is 0 Å². The summed E-state index contributed by atoms with van der Waals surface area (Å²) in [5.74, 6) is 0. The maximum Gasteiger partial charge on any atom is 0.0501 e. The Morgan fingerprint density at radius 3 is 2.40 bits per heavy atom. The van der Waals surface area contributed by atoms with Gasteiger partial charge in [-0.3, -0.25) is 4.90 Å². The molecule has 2 fully saturated rings. The predicted octanol–water partition coefficient (Wildman–Crippen LogP) is 2.71. The van der Waals surface area contributed by atoms with Crippen LogP contribution in [0, 0.1) is 0 Å². The van der Waals surface area contributed by atoms with Crippen LogP contribution in [0.2, 0.25) is 0 Å². The van der Waals surface area contributed by atoms with Gasteiger partial charge in [0.05, 0.1) is 5.54 Å². The molecule has 0 aliphatic carbocycles. The Labute approximate surface area is 130 Å². The standard InChI is InChI=1S/C16H24BrN3/c1-16(2)15(19-11-8-18-9-12-19)7-10-20(16)14-5-3-13(17)4-6-14/h3-6,15,18H,7-12H2,1-2H3. The number of halogens is 1. The molecule has 0 radical (unpaired) electrons. The number of piperazine rings is 1. The van der Waals surface area contributed by atoms with Crippen molar-refractivity contribution in [3.05, 3.63) is 28.7 Å². The van der Waals surface area contributed by atoms with Crippen molar-refractivity contribution >= 4 is 21.6 Å². The quantitative estimate of drug-likeness (QED) is 0.895. The largest absolute Gasteiger partial charge is 0.365 e. The summed E-state index contributed by atoms with van der Waals surface area (Å²) in [5.41, 5.74) is 1.54. The van der Waals surface area contributed by atoms with Crippen LogP contribution in [-0.4, -0.2) is 49.2 Å². The van der Waals surface area contributed by atoms with Gasteiger partial charge in [0, 0.05) is 48.9 Å². The molecular formula is C16H24BrN3. The Balaban J connectivity index is 1.79. The zero-order valence-corrected chi connectivity index (χ0v) is 14.0. The second kappa shape index (κ2) is 5.66. The first-order valence-corrected chi connectivity index (χ1v) is 8.36. The third-order valence-corrected chi connectivity index (χ3v) is 5.40. The van der Waals surface area contributed by atoms with Crippen molar-refractivity contribution in [2.75, 3.05) is 37.6 Å². The smallest absolute Gasteiger partial charge is 0.0501 e. The summed E-state index contributed by atoms with van der Waals surface area (Å²) in [6.45, 7) is 10.6. The lowest BCUT2D eigenvalue weighted by Crippen LogP contribution is -2.57. The third-order valence-electron chi connectivity index (χ3n) is 4.87. The van der Waals surface area contributed by atoms with E-state index in [9.17, 15) is 0 Å². The van der Waals surface area contributed by atoms with E-state index < -0.39 is 0 Å². The third kappa shape index (κ3) is 2.61. The minimum absolute atomic E-state index is 0.200. The van der Waals surface area contributed by atoms with Gasteiger partial charge < -0.3 is 10.2 Å². The lowest BCUT2D eigenvalue weighted by Gasteiger charge is -2.43. The average Bonchev–Trinajstić information content (AvgIpc) is 2.76. The molecule has 2 heterocycles. The number of nitrogens with zero attached hydrogens (tertiary/aromatic N) is 2. The highest BCUT2D eigenvalue weighted by atomic mass is 79.9. The van der Waals surface area contributed by atoms with Crippen molar-refractivity contribution in [1.82, 2.24) is 10.2 Å². The molecule has 20 heavy (non-hydrogen) atoms. The Bertz CT molecular complexity index is 451. The van der Waals surface area contributed by atoms with Gasteiger partial charge in [0.1, 0.15) is 0 Å². The van der Waals surface area contributed by atoms with E-state index in [4.69, 9.17) is 0 Å². The van der Waals surface area contributed by atoms with Gasteiger partial charge in [0.15, 0.2) is 0 Å². The van der Waals surface area contributed by atoms with E-state index >= 15 is 0 Å². The number of anilines is 1. The second-order valence-electron chi connectivity index (χ2n) is 6.37. The van der Waals surface area contributed by atoms with Gasteiger partial charge in [-0.05, 0) is 44.5 Å². The van der Waals surface area contributed by atoms with Gasteiger partial charge in [-0.1, -0.05) is 15.9 Å². The first kappa shape index (κ1) is 14.4. The summed E-state index contributed by atoms with van der Waals surface area (Å²) < 4.78 is 1.15. The molecule has 0 amide bonds. The van der Waals surface area contributed by atoms with Gasteiger partial charge in [-0.2, -0.15) is 0 Å². The molecule has 4 heteroatoms. The molecule has 0 saturated carbocycles. The zero-order chi connectivity index (χ0) is 14.2. The molecule has 0 spiro atoms. The van der Waals surface area contributed by atoms with Gasteiger partial charge >= 0.3 is 0 Å². The molecule has 3 rings (SSSR count). The Morgan fingerprint density at radius 2 is 1.75 bits per heavy atom. The minimum Gasteiger partial charge on any atom is -0.365 e. The fourth-order valence-corrected chi connectivity index (χ4v) is 4.04. The van der Waals surface area contributed by atoms with Crippen molar-refractivity contribution in [3.63, 3.8) is 0 Å². The van der Waals surface area contributed by atoms with Gasteiger partial charge in [-0.25, -0.2) is 0 Å². The van der Waals surface area contributed by atoms with E-state index in [-0.39, 0.29) is 5.54 Å². The van der Waals surface area contributed by atoms with Crippen LogP contribution >= 0.6 is 15.9 Å². The van der Waals surface area contributed by atoms with Gasteiger partial charge in [0.25, 0.3) is 0 Å². The highest BCUT2D eigenvalue weighted by molar-refractivity contribution is 9.10. The number of benzene rings is 1. The molecule has 2 aliphatic rings. The summed E-state index contributed by atoms with van der Waals surface area (Å²) in [7, 11) is 0. The lowest BCUT2D eigenvalue weighted by atomic mass is 9.93. The molecule has 1 aromatic rings. The fraction of sp³-hybridized carbons (Fsp3) is 0.625. The normalized spacial score (nSPS) is 26.9. The topological polar surface area (TPSA) is 18.5 Å². The lowest BCUT2D eigenvalue weighted by molar-refractivity contribution is 0.137. The Morgan fingerprint density at radius 1 is 1.10 bits per heavy atom. The highest BCUT2D eigenvalue weighted by Crippen LogP contribution is 2.37. The molecule has 110 valence electrons. The van der Waals surface area contributed by atoms with Crippen molar-refractivity contribution < 1.29 is 0 Å². The number of nitrogens with one attached hydrogen (secondary N) is 1. The summed E-state index contributed by atoms with van der Waals surface area (Å²) in [6.07, 6.45) is 1.27. The molecule has 2 aliphatic heterocycles. The fourth-order valence-electron chi connectivity index (χ4n) is 3.78. The molecule has 2 saturated heterocycles. The van der Waals surface area contributed by atoms with Crippen LogP contribution in [0.4, 0.5) is 5.69 Å². The zero-order valence-electron chi connectivity index (χ0n) is 12.4. The second-order valence-corrected chi connectivity index (χ2v) is 7.29. The van der Waals surface area contributed by atoms with Gasteiger partial charge in [0.2, 0.25) is 0 Å². The van der Waals surface area contributed by atoms with Gasteiger partial charge in [-0.15, -0.1) is 0 Å². The van der Waals surface area contributed by atoms with Crippen LogP contribution in [0.1, 0.15) is 20.3 Å². The van der Waals surface area contributed by atoms with E-state index in [1.807, 2.05) is 0 Å². The van der Waals surface area contributed by atoms with E-state index in [0.29, 0.717) is 6.04 Å². The summed E-state index contributed by atoms with van der Waals surface area (Å²) >= 11 is 3.52. The molecule has 1 aromatic carbocycles. The molecular weight excluding hydrogens is 314 g/mol. The highest BCUT2D eigenvalue weighted by Gasteiger charge is 2.44. The minimum atomic E-state index is 0.200. The van der Waals surface area contributed by atoms with Crippen molar-refractivity contribution in [3.8, 4) is 0 Å². The summed E-state index contributed by atoms with van der Waals surface area (Å²) in [6, 6.07) is 9.40. The SMILES string of the molecule is CC1(C)C(N2CCNCC2)CCN1c1ccc(Br)cc1. The Kier molecular flexibility index (Phi) is 4.07. The number of hydrogen-bond acceptors (Lipinski definition) is 3. The van der Waals surface area contributed by atoms with E-state index in [0.717, 1.165) is 24.1 Å². The average molecular weight is 338 g/mol. The number of hydrogen-bond donors (Lipinski definition) is 1. The predicted molar refractivity (Wildman–Crippen MR) is 88.4 cm³/mol. The number of rotatable bonds is 2. The van der Waals surface area contributed by atoms with Crippen LogP contribution in [0.15, 0.2) is 28.7 Å². The van der Waals surface area contributed by atoms with Crippen molar-refractivity contribution in [2.45, 2.75) is 31.8 Å². The summed E-state index contributed by atoms with van der Waals surface area (Å²) in [4.78, 5) is 5.25. The van der Waals surface area contributed by atoms with E-state index in [1.54, 1.807) is 0 Å². The van der Waals surface area contributed by atoms with E-state index in [2.05, 4.69) is 69.2 Å². The van der Waals surface area contributed by atoms with E-state index in [1.165, 1.54) is 25.2 Å². The first-order valence-electron chi connectivity index (χ1n) is 7.57. The van der Waals surface area contributed by atoms with Crippen LogP contribution < -0.4 is 10.2 Å². The maximum absolute atomic E-state index is 3.52. The molecule has 1 unspecified atom stereocenters. The molecule has 0 bridgehead atoms. The van der Waals surface area contributed by atoms with Crippen LogP contribution in [0.25, 0.3) is 0 Å². The van der Waals surface area contributed by atoms with Crippen LogP contribution in [0.3, 0.4) is 0 Å². The molecule has 0 aromatic heterocycles. The first-order chi connectivity index (χ1) is 9.59. The van der Waals surface area contributed by atoms with Crippen molar-refractivity contribution in [2.24, 2.45) is 0 Å². The van der Waals surface area contributed by atoms with Crippen molar-refractivity contribution in [1.29, 1.82) is 0 Å². The molecule has 1 atom stereocenters.